The van der Waals surface area contributed by atoms with E-state index >= 15 is 0 Å². The SMILES string of the molecule is CNC(=O)COC(=O)c1cc(N)cc(Cl)c1. The van der Waals surface area contributed by atoms with E-state index in [4.69, 9.17) is 22.1 Å². The second-order valence-electron chi connectivity index (χ2n) is 3.02. The van der Waals surface area contributed by atoms with Gasteiger partial charge in [-0.3, -0.25) is 4.79 Å². The average molecular weight is 243 g/mol. The molecule has 1 aromatic carbocycles. The lowest BCUT2D eigenvalue weighted by atomic mass is 10.2. The Balaban J connectivity index is 2.69. The Morgan fingerprint density at radius 2 is 2.12 bits per heavy atom. The first-order chi connectivity index (χ1) is 7.52. The van der Waals surface area contributed by atoms with Crippen molar-refractivity contribution in [2.45, 2.75) is 0 Å². The molecule has 0 aliphatic rings. The summed E-state index contributed by atoms with van der Waals surface area (Å²) < 4.78 is 4.73. The van der Waals surface area contributed by atoms with E-state index in [1.807, 2.05) is 0 Å². The molecule has 16 heavy (non-hydrogen) atoms. The van der Waals surface area contributed by atoms with Crippen molar-refractivity contribution in [1.82, 2.24) is 5.32 Å². The number of hydrogen-bond donors (Lipinski definition) is 2. The fraction of sp³-hybridized carbons (Fsp3) is 0.200. The standard InChI is InChI=1S/C10H11ClN2O3/c1-13-9(14)5-16-10(15)6-2-7(11)4-8(12)3-6/h2-4H,5,12H2,1H3,(H,13,14). The van der Waals surface area contributed by atoms with Crippen molar-refractivity contribution < 1.29 is 14.3 Å². The molecule has 1 rings (SSSR count). The summed E-state index contributed by atoms with van der Waals surface area (Å²) in [6.45, 7) is -0.332. The third-order valence-electron chi connectivity index (χ3n) is 1.77. The zero-order chi connectivity index (χ0) is 12.1. The van der Waals surface area contributed by atoms with Gasteiger partial charge in [0.15, 0.2) is 6.61 Å². The van der Waals surface area contributed by atoms with Crippen LogP contribution in [0.1, 0.15) is 10.4 Å². The van der Waals surface area contributed by atoms with Gasteiger partial charge in [0, 0.05) is 17.8 Å². The highest BCUT2D eigenvalue weighted by molar-refractivity contribution is 6.31. The van der Waals surface area contributed by atoms with Crippen molar-refractivity contribution in [2.75, 3.05) is 19.4 Å². The van der Waals surface area contributed by atoms with E-state index in [2.05, 4.69) is 5.32 Å². The number of carbonyl (C=O) groups is 2. The Hall–Kier alpha value is -1.75. The predicted molar refractivity (Wildman–Crippen MR) is 60.2 cm³/mol. The highest BCUT2D eigenvalue weighted by Gasteiger charge is 2.10. The normalized spacial score (nSPS) is 9.62. The largest absolute Gasteiger partial charge is 0.452 e. The molecular formula is C10H11ClN2O3. The number of hydrogen-bond acceptors (Lipinski definition) is 4. The van der Waals surface area contributed by atoms with E-state index in [9.17, 15) is 9.59 Å². The van der Waals surface area contributed by atoms with Gasteiger partial charge in [0.25, 0.3) is 5.91 Å². The topological polar surface area (TPSA) is 81.4 Å². The minimum absolute atomic E-state index is 0.217. The Morgan fingerprint density at radius 3 is 2.69 bits per heavy atom. The van der Waals surface area contributed by atoms with Gasteiger partial charge < -0.3 is 15.8 Å². The highest BCUT2D eigenvalue weighted by Crippen LogP contribution is 2.17. The first kappa shape index (κ1) is 12.3. The number of esters is 1. The third kappa shape index (κ3) is 3.43. The minimum Gasteiger partial charge on any atom is -0.452 e. The first-order valence-corrected chi connectivity index (χ1v) is 4.84. The summed E-state index contributed by atoms with van der Waals surface area (Å²) in [5.41, 5.74) is 6.08. The molecule has 0 heterocycles. The van der Waals surface area contributed by atoms with Crippen molar-refractivity contribution in [3.05, 3.63) is 28.8 Å². The van der Waals surface area contributed by atoms with Crippen molar-refractivity contribution in [3.8, 4) is 0 Å². The molecule has 3 N–H and O–H groups in total. The van der Waals surface area contributed by atoms with Crippen LogP contribution in [0.2, 0.25) is 5.02 Å². The number of ether oxygens (including phenoxy) is 1. The lowest BCUT2D eigenvalue weighted by Gasteiger charge is -2.05. The Kier molecular flexibility index (Phi) is 4.13. The fourth-order valence-electron chi connectivity index (χ4n) is 1.02. The van der Waals surface area contributed by atoms with Gasteiger partial charge in [0.05, 0.1) is 5.56 Å². The third-order valence-corrected chi connectivity index (χ3v) is 1.99. The van der Waals surface area contributed by atoms with Crippen molar-refractivity contribution in [2.24, 2.45) is 0 Å². The second-order valence-corrected chi connectivity index (χ2v) is 3.46. The van der Waals surface area contributed by atoms with Gasteiger partial charge in [-0.25, -0.2) is 4.79 Å². The maximum atomic E-state index is 11.5. The van der Waals surface area contributed by atoms with Crippen LogP contribution in [0.3, 0.4) is 0 Å². The molecule has 1 amide bonds. The molecule has 0 aromatic heterocycles. The number of rotatable bonds is 3. The minimum atomic E-state index is -0.641. The zero-order valence-electron chi connectivity index (χ0n) is 8.62. The number of benzene rings is 1. The fourth-order valence-corrected chi connectivity index (χ4v) is 1.26. The van der Waals surface area contributed by atoms with Gasteiger partial charge in [-0.05, 0) is 18.2 Å². The highest BCUT2D eigenvalue weighted by atomic mass is 35.5. The Labute approximate surface area is 97.5 Å². The molecule has 0 atom stereocenters. The number of nitrogens with two attached hydrogens (primary N) is 1. The van der Waals surface area contributed by atoms with Crippen molar-refractivity contribution >= 4 is 29.2 Å². The van der Waals surface area contributed by atoms with Crippen LogP contribution in [0.5, 0.6) is 0 Å². The summed E-state index contributed by atoms with van der Waals surface area (Å²) in [6, 6.07) is 4.36. The molecule has 0 spiro atoms. The summed E-state index contributed by atoms with van der Waals surface area (Å²) in [5, 5.41) is 2.67. The summed E-state index contributed by atoms with van der Waals surface area (Å²) in [4.78, 5) is 22.3. The average Bonchev–Trinajstić information content (AvgIpc) is 2.23. The van der Waals surface area contributed by atoms with E-state index in [1.54, 1.807) is 0 Å². The van der Waals surface area contributed by atoms with Crippen LogP contribution in [0.25, 0.3) is 0 Å². The number of halogens is 1. The van der Waals surface area contributed by atoms with Gasteiger partial charge in [-0.15, -0.1) is 0 Å². The summed E-state index contributed by atoms with van der Waals surface area (Å²) in [7, 11) is 1.45. The van der Waals surface area contributed by atoms with Crippen LogP contribution in [-0.4, -0.2) is 25.5 Å². The Morgan fingerprint density at radius 1 is 1.44 bits per heavy atom. The zero-order valence-corrected chi connectivity index (χ0v) is 9.38. The smallest absolute Gasteiger partial charge is 0.338 e. The lowest BCUT2D eigenvalue weighted by Crippen LogP contribution is -2.25. The van der Waals surface area contributed by atoms with Crippen LogP contribution < -0.4 is 11.1 Å². The molecule has 0 radical (unpaired) electrons. The van der Waals surface area contributed by atoms with Crippen LogP contribution in [0, 0.1) is 0 Å². The number of likely N-dealkylation sites (N-methyl/N-ethyl adjacent to an activating group) is 1. The predicted octanol–water partition coefficient (Wildman–Crippen LogP) is 0.825. The van der Waals surface area contributed by atoms with Crippen molar-refractivity contribution in [3.63, 3.8) is 0 Å². The second kappa shape index (κ2) is 5.37. The molecule has 0 aliphatic heterocycles. The molecule has 0 unspecified atom stereocenters. The first-order valence-electron chi connectivity index (χ1n) is 4.46. The number of amides is 1. The van der Waals surface area contributed by atoms with Crippen LogP contribution in [0.4, 0.5) is 5.69 Å². The number of nitrogen functional groups attached to an aromatic ring is 1. The van der Waals surface area contributed by atoms with Crippen LogP contribution >= 0.6 is 11.6 Å². The van der Waals surface area contributed by atoms with Gasteiger partial charge in [-0.2, -0.15) is 0 Å². The van der Waals surface area contributed by atoms with E-state index in [1.165, 1.54) is 25.2 Å². The summed E-state index contributed by atoms with van der Waals surface area (Å²) in [6.07, 6.45) is 0. The molecule has 0 saturated carbocycles. The van der Waals surface area contributed by atoms with Gasteiger partial charge in [-0.1, -0.05) is 11.6 Å². The maximum Gasteiger partial charge on any atom is 0.338 e. The maximum absolute atomic E-state index is 11.5. The molecule has 6 heteroatoms. The van der Waals surface area contributed by atoms with E-state index in [-0.39, 0.29) is 18.1 Å². The number of nitrogens with one attached hydrogen (secondary N) is 1. The summed E-state index contributed by atoms with van der Waals surface area (Å²) in [5.74, 6) is -1.03. The molecule has 0 fully saturated rings. The van der Waals surface area contributed by atoms with Crippen molar-refractivity contribution in [1.29, 1.82) is 0 Å². The summed E-state index contributed by atoms with van der Waals surface area (Å²) >= 11 is 5.72. The lowest BCUT2D eigenvalue weighted by molar-refractivity contribution is -0.123. The molecule has 0 bridgehead atoms. The van der Waals surface area contributed by atoms with E-state index in [0.717, 1.165) is 0 Å². The number of carbonyl (C=O) groups excluding carboxylic acids is 2. The van der Waals surface area contributed by atoms with E-state index in [0.29, 0.717) is 10.7 Å². The molecular weight excluding hydrogens is 232 g/mol. The quantitative estimate of drug-likeness (QED) is 0.608. The molecule has 0 aliphatic carbocycles. The monoisotopic (exact) mass is 242 g/mol. The van der Waals surface area contributed by atoms with Gasteiger partial charge in [0.1, 0.15) is 0 Å². The molecule has 1 aromatic rings. The van der Waals surface area contributed by atoms with Gasteiger partial charge >= 0.3 is 5.97 Å². The molecule has 0 saturated heterocycles. The molecule has 86 valence electrons. The molecule has 5 nitrogen and oxygen atoms in total. The number of anilines is 1. The Bertz CT molecular complexity index is 400. The van der Waals surface area contributed by atoms with Crippen LogP contribution in [0.15, 0.2) is 18.2 Å². The van der Waals surface area contributed by atoms with Crippen LogP contribution in [-0.2, 0) is 9.53 Å². The van der Waals surface area contributed by atoms with E-state index < -0.39 is 5.97 Å². The van der Waals surface area contributed by atoms with Gasteiger partial charge in [0.2, 0.25) is 0 Å².